The highest BCUT2D eigenvalue weighted by molar-refractivity contribution is 6.25. The summed E-state index contributed by atoms with van der Waals surface area (Å²) in [7, 11) is 0. The minimum atomic E-state index is -0.699. The molecule has 0 aromatic heterocycles. The fourth-order valence-electron chi connectivity index (χ4n) is 0.702. The molecule has 0 aromatic carbocycles. The van der Waals surface area contributed by atoms with Gasteiger partial charge < -0.3 is 15.3 Å². The zero-order valence-electron chi connectivity index (χ0n) is 9.86. The van der Waals surface area contributed by atoms with Gasteiger partial charge in [-0.25, -0.2) is 0 Å². The van der Waals surface area contributed by atoms with Crippen molar-refractivity contribution in [2.45, 2.75) is 39.2 Å². The number of nitrogens with zero attached hydrogens (tertiary/aromatic N) is 1. The zero-order chi connectivity index (χ0) is 12.6. The third-order valence-electron chi connectivity index (χ3n) is 1.89. The van der Waals surface area contributed by atoms with Crippen LogP contribution < -0.4 is 5.73 Å². The van der Waals surface area contributed by atoms with Gasteiger partial charge in [-0.3, -0.25) is 9.59 Å². The minimum absolute atomic E-state index is 0.0579. The summed E-state index contributed by atoms with van der Waals surface area (Å²) in [4.78, 5) is 26.1. The Balaban J connectivity index is 3.71. The number of carbonyl (C=O) groups is 2. The molecule has 2 N–H and O–H groups in total. The van der Waals surface area contributed by atoms with Gasteiger partial charge in [-0.2, -0.15) is 0 Å². The lowest BCUT2D eigenvalue weighted by atomic mass is 10.1. The lowest BCUT2D eigenvalue weighted by Crippen LogP contribution is -2.27. The molecule has 0 aliphatic heterocycles. The van der Waals surface area contributed by atoms with Gasteiger partial charge >= 0.3 is 5.97 Å². The van der Waals surface area contributed by atoms with Crippen LogP contribution in [0.3, 0.4) is 0 Å². The highest BCUT2D eigenvalue weighted by atomic mass is 16.6. The molecule has 92 valence electrons. The van der Waals surface area contributed by atoms with E-state index in [0.29, 0.717) is 0 Å². The van der Waals surface area contributed by atoms with E-state index in [-0.39, 0.29) is 19.0 Å². The summed E-state index contributed by atoms with van der Waals surface area (Å²) in [5, 5.41) is 3.25. The molecular formula is C10H18N2O4. The molecule has 0 radical (unpaired) electrons. The molecule has 0 saturated heterocycles. The van der Waals surface area contributed by atoms with Gasteiger partial charge in [0.25, 0.3) is 5.91 Å². The maximum absolute atomic E-state index is 11.3. The van der Waals surface area contributed by atoms with Crippen molar-refractivity contribution in [2.75, 3.05) is 6.61 Å². The van der Waals surface area contributed by atoms with Crippen molar-refractivity contribution in [3.8, 4) is 0 Å². The second kappa shape index (κ2) is 6.81. The van der Waals surface area contributed by atoms with Gasteiger partial charge in [0.05, 0.1) is 6.42 Å². The van der Waals surface area contributed by atoms with Crippen LogP contribution in [0.1, 0.15) is 33.6 Å². The molecule has 0 bridgehead atoms. The average Bonchev–Trinajstić information content (AvgIpc) is 2.16. The van der Waals surface area contributed by atoms with E-state index in [1.165, 1.54) is 0 Å². The van der Waals surface area contributed by atoms with Crippen molar-refractivity contribution in [3.05, 3.63) is 0 Å². The molecule has 0 aliphatic rings. The molecule has 0 spiro atoms. The van der Waals surface area contributed by atoms with Crippen molar-refractivity contribution in [3.63, 3.8) is 0 Å². The first-order chi connectivity index (χ1) is 7.37. The fourth-order valence-corrected chi connectivity index (χ4v) is 0.702. The second-order valence-electron chi connectivity index (χ2n) is 3.81. The van der Waals surface area contributed by atoms with E-state index in [2.05, 4.69) is 9.99 Å². The molecular weight excluding hydrogens is 212 g/mol. The number of amides is 1. The van der Waals surface area contributed by atoms with Crippen LogP contribution in [0.2, 0.25) is 0 Å². The van der Waals surface area contributed by atoms with E-state index >= 15 is 0 Å². The fraction of sp³-hybridized carbons (Fsp3) is 0.700. The van der Waals surface area contributed by atoms with Crippen LogP contribution in [0, 0.1) is 0 Å². The molecule has 0 aliphatic carbocycles. The van der Waals surface area contributed by atoms with Gasteiger partial charge in [0.15, 0.2) is 0 Å². The monoisotopic (exact) mass is 230 g/mol. The van der Waals surface area contributed by atoms with Crippen molar-refractivity contribution < 1.29 is 19.2 Å². The van der Waals surface area contributed by atoms with E-state index in [1.807, 2.05) is 20.8 Å². The molecule has 0 fully saturated rings. The van der Waals surface area contributed by atoms with Crippen LogP contribution in [0.4, 0.5) is 0 Å². The highest BCUT2D eigenvalue weighted by Gasteiger charge is 2.19. The molecule has 6 nitrogen and oxygen atoms in total. The van der Waals surface area contributed by atoms with Gasteiger partial charge in [-0.05, 0) is 20.3 Å². The number of oxime groups is 1. The summed E-state index contributed by atoms with van der Waals surface area (Å²) < 4.78 is 5.15. The normalized spacial score (nSPS) is 11.4. The number of primary amides is 1. The maximum Gasteiger partial charge on any atom is 0.309 e. The summed E-state index contributed by atoms with van der Waals surface area (Å²) >= 11 is 0. The van der Waals surface area contributed by atoms with Crippen LogP contribution in [-0.2, 0) is 19.2 Å². The van der Waals surface area contributed by atoms with E-state index in [0.717, 1.165) is 12.6 Å². The van der Waals surface area contributed by atoms with Crippen LogP contribution in [0.15, 0.2) is 5.16 Å². The lowest BCUT2D eigenvalue weighted by molar-refractivity contribution is -0.157. The molecule has 0 unspecified atom stereocenters. The Kier molecular flexibility index (Phi) is 6.14. The molecule has 0 saturated carbocycles. The predicted octanol–water partition coefficient (Wildman–Crippen LogP) is 0.596. The summed E-state index contributed by atoms with van der Waals surface area (Å²) in [5.41, 5.74) is 4.31. The Morgan fingerprint density at radius 3 is 2.56 bits per heavy atom. The minimum Gasteiger partial charge on any atom is -0.460 e. The van der Waals surface area contributed by atoms with Gasteiger partial charge in [-0.1, -0.05) is 12.1 Å². The predicted molar refractivity (Wildman–Crippen MR) is 58.7 cm³/mol. The Hall–Kier alpha value is -1.59. The Morgan fingerprint density at radius 2 is 2.06 bits per heavy atom. The molecule has 16 heavy (non-hydrogen) atoms. The van der Waals surface area contributed by atoms with Crippen molar-refractivity contribution in [1.29, 1.82) is 0 Å². The maximum atomic E-state index is 11.3. The number of hydrogen-bond acceptors (Lipinski definition) is 5. The topological polar surface area (TPSA) is 91.0 Å². The zero-order valence-corrected chi connectivity index (χ0v) is 9.86. The van der Waals surface area contributed by atoms with E-state index < -0.39 is 11.5 Å². The Morgan fingerprint density at radius 1 is 1.44 bits per heavy atom. The number of nitrogens with two attached hydrogens (primary N) is 1. The number of ether oxygens (including phenoxy) is 1. The summed E-state index contributed by atoms with van der Waals surface area (Å²) in [5.74, 6) is -1.06. The van der Waals surface area contributed by atoms with Gasteiger partial charge in [-0.15, -0.1) is 0 Å². The highest BCUT2D eigenvalue weighted by Crippen LogP contribution is 2.14. The van der Waals surface area contributed by atoms with Crippen molar-refractivity contribution in [1.82, 2.24) is 0 Å². The molecule has 0 aromatic rings. The first-order valence-electron chi connectivity index (χ1n) is 5.04. The average molecular weight is 230 g/mol. The van der Waals surface area contributed by atoms with Crippen LogP contribution in [0.25, 0.3) is 0 Å². The summed E-state index contributed by atoms with van der Waals surface area (Å²) in [6.07, 6.45) is 1.65. The Bertz CT molecular complexity index is 274. The smallest absolute Gasteiger partial charge is 0.309 e. The molecule has 1 amide bonds. The third-order valence-corrected chi connectivity index (χ3v) is 1.89. The van der Waals surface area contributed by atoms with E-state index in [4.69, 9.17) is 10.5 Å². The molecule has 0 atom stereocenters. The van der Waals surface area contributed by atoms with Crippen LogP contribution in [-0.4, -0.2) is 30.3 Å². The van der Waals surface area contributed by atoms with Gasteiger partial charge in [0, 0.05) is 0 Å². The lowest BCUT2D eigenvalue weighted by Gasteiger charge is -2.22. The van der Waals surface area contributed by atoms with Crippen molar-refractivity contribution >= 4 is 18.1 Å². The largest absolute Gasteiger partial charge is 0.460 e. The van der Waals surface area contributed by atoms with E-state index in [1.54, 1.807) is 0 Å². The summed E-state index contributed by atoms with van der Waals surface area (Å²) in [6, 6.07) is 0. The van der Waals surface area contributed by atoms with E-state index in [9.17, 15) is 9.59 Å². The third kappa shape index (κ3) is 7.78. The van der Waals surface area contributed by atoms with Crippen molar-refractivity contribution in [2.24, 2.45) is 10.9 Å². The molecule has 0 rings (SSSR count). The Labute approximate surface area is 94.8 Å². The van der Waals surface area contributed by atoms with Gasteiger partial charge in [0.1, 0.15) is 18.4 Å². The first kappa shape index (κ1) is 14.4. The second-order valence-corrected chi connectivity index (χ2v) is 3.81. The molecule has 0 heterocycles. The number of carbonyl (C=O) groups excluding carboxylic acids is 2. The number of esters is 1. The van der Waals surface area contributed by atoms with Crippen LogP contribution >= 0.6 is 0 Å². The number of hydrogen-bond donors (Lipinski definition) is 1. The summed E-state index contributed by atoms with van der Waals surface area (Å²) in [6.45, 7) is 5.65. The van der Waals surface area contributed by atoms with Gasteiger partial charge in [0.2, 0.25) is 0 Å². The number of rotatable bonds is 7. The van der Waals surface area contributed by atoms with Crippen LogP contribution in [0.5, 0.6) is 0 Å². The SMILES string of the molecule is CCC(C)(C)OC(=O)CCO/N=C/C(N)=O. The standard InChI is InChI=1S/C10H18N2O4/c1-4-10(2,3)16-9(14)5-6-15-12-7-8(11)13/h7H,4-6H2,1-3H3,(H2,11,13)/b12-7+. The first-order valence-corrected chi connectivity index (χ1v) is 5.04. The quantitative estimate of drug-likeness (QED) is 0.300. The molecule has 6 heteroatoms.